The van der Waals surface area contributed by atoms with E-state index < -0.39 is 15.5 Å². The van der Waals surface area contributed by atoms with Gasteiger partial charge in [0.15, 0.2) is 16.4 Å². The first-order chi connectivity index (χ1) is 13.3. The number of ether oxygens (including phenoxy) is 2. The second-order valence-corrected chi connectivity index (χ2v) is 9.06. The number of amides is 1. The zero-order valence-electron chi connectivity index (χ0n) is 15.8. The van der Waals surface area contributed by atoms with Crippen LogP contribution in [0.15, 0.2) is 33.5 Å². The number of carbonyl (C=O) groups is 1. The molecule has 0 radical (unpaired) electrons. The monoisotopic (exact) mass is 409 g/mol. The van der Waals surface area contributed by atoms with Gasteiger partial charge in [0.25, 0.3) is 5.91 Å². The summed E-state index contributed by atoms with van der Waals surface area (Å²) in [6.45, 7) is 2.17. The van der Waals surface area contributed by atoms with Gasteiger partial charge in [-0.2, -0.15) is 0 Å². The molecule has 2 aromatic rings. The number of aryl methyl sites for hydroxylation is 1. The van der Waals surface area contributed by atoms with E-state index in [-0.39, 0.29) is 30.1 Å². The highest BCUT2D eigenvalue weighted by Crippen LogP contribution is 2.23. The van der Waals surface area contributed by atoms with Gasteiger partial charge in [-0.3, -0.25) is 4.79 Å². The van der Waals surface area contributed by atoms with Crippen LogP contribution in [-0.4, -0.2) is 63.6 Å². The Morgan fingerprint density at radius 2 is 2.11 bits per heavy atom. The van der Waals surface area contributed by atoms with Crippen LogP contribution < -0.4 is 10.4 Å². The van der Waals surface area contributed by atoms with Crippen LogP contribution in [-0.2, 0) is 19.4 Å². The Hall–Kier alpha value is -2.39. The molecule has 1 aliphatic heterocycles. The van der Waals surface area contributed by atoms with Crippen molar-refractivity contribution >= 4 is 26.7 Å². The normalized spacial score (nSPS) is 18.3. The molecule has 0 spiro atoms. The Morgan fingerprint density at radius 1 is 1.32 bits per heavy atom. The number of benzene rings is 1. The third kappa shape index (κ3) is 4.71. The van der Waals surface area contributed by atoms with Crippen LogP contribution in [0.3, 0.4) is 0 Å². The van der Waals surface area contributed by atoms with Gasteiger partial charge in [-0.1, -0.05) is 0 Å². The van der Waals surface area contributed by atoms with Crippen molar-refractivity contribution in [2.75, 3.05) is 38.4 Å². The lowest BCUT2D eigenvalue weighted by Crippen LogP contribution is -2.45. The maximum absolute atomic E-state index is 12.7. The van der Waals surface area contributed by atoms with Gasteiger partial charge in [0.2, 0.25) is 0 Å². The van der Waals surface area contributed by atoms with Crippen molar-refractivity contribution in [2.45, 2.75) is 19.4 Å². The highest BCUT2D eigenvalue weighted by atomic mass is 32.2. The molecule has 3 rings (SSSR count). The maximum atomic E-state index is 12.7. The van der Waals surface area contributed by atoms with Crippen LogP contribution in [0.1, 0.15) is 12.0 Å². The number of carbonyl (C=O) groups excluding carboxylic acids is 1. The van der Waals surface area contributed by atoms with Crippen LogP contribution in [0.4, 0.5) is 0 Å². The minimum absolute atomic E-state index is 0.0388. The summed E-state index contributed by atoms with van der Waals surface area (Å²) in [5.74, 6) is 0.117. The number of methoxy groups -OCH3 is 1. The maximum Gasteiger partial charge on any atom is 0.336 e. The van der Waals surface area contributed by atoms with Crippen molar-refractivity contribution in [2.24, 2.45) is 0 Å². The predicted octanol–water partition coefficient (Wildman–Crippen LogP) is 1.14. The standard InChI is InChI=1S/C19H23NO7S/c1-13-9-19(22)27-17-10-15(3-4-16(13)17)26-11-18(21)20(6-7-25-2)14-5-8-28(23,24)12-14/h3-4,9-10,14H,5-8,11-12H2,1-2H3/t14-/m1/s1. The lowest BCUT2D eigenvalue weighted by atomic mass is 10.1. The highest BCUT2D eigenvalue weighted by Gasteiger charge is 2.34. The smallest absolute Gasteiger partial charge is 0.336 e. The summed E-state index contributed by atoms with van der Waals surface area (Å²) < 4.78 is 39.3. The molecule has 0 N–H and O–H groups in total. The minimum atomic E-state index is -3.12. The molecule has 1 aliphatic rings. The molecule has 1 saturated heterocycles. The van der Waals surface area contributed by atoms with Crippen LogP contribution in [0.5, 0.6) is 5.75 Å². The van der Waals surface area contributed by atoms with E-state index in [1.54, 1.807) is 18.2 Å². The Bertz CT molecular complexity index is 1030. The topological polar surface area (TPSA) is 103 Å². The molecule has 8 nitrogen and oxygen atoms in total. The van der Waals surface area contributed by atoms with Crippen LogP contribution in [0.25, 0.3) is 11.0 Å². The van der Waals surface area contributed by atoms with Gasteiger partial charge >= 0.3 is 5.63 Å². The number of fused-ring (bicyclic) bond motifs is 1. The van der Waals surface area contributed by atoms with E-state index in [9.17, 15) is 18.0 Å². The van der Waals surface area contributed by atoms with Gasteiger partial charge < -0.3 is 18.8 Å². The summed E-state index contributed by atoms with van der Waals surface area (Å²) in [6, 6.07) is 6.07. The van der Waals surface area contributed by atoms with E-state index in [4.69, 9.17) is 13.9 Å². The summed E-state index contributed by atoms with van der Waals surface area (Å²) in [5.41, 5.74) is 0.724. The largest absolute Gasteiger partial charge is 0.484 e. The van der Waals surface area contributed by atoms with Crippen molar-refractivity contribution in [3.63, 3.8) is 0 Å². The summed E-state index contributed by atoms with van der Waals surface area (Å²) in [5, 5.41) is 0.788. The van der Waals surface area contributed by atoms with Gasteiger partial charge in [-0.05, 0) is 31.0 Å². The molecule has 1 fully saturated rings. The first-order valence-electron chi connectivity index (χ1n) is 8.95. The minimum Gasteiger partial charge on any atom is -0.484 e. The number of sulfone groups is 1. The number of hydrogen-bond donors (Lipinski definition) is 0. The van der Waals surface area contributed by atoms with Crippen molar-refractivity contribution in [3.05, 3.63) is 40.2 Å². The fraction of sp³-hybridized carbons (Fsp3) is 0.474. The molecular formula is C19H23NO7S. The third-order valence-electron chi connectivity index (χ3n) is 4.79. The summed E-state index contributed by atoms with van der Waals surface area (Å²) >= 11 is 0. The average molecular weight is 409 g/mol. The second kappa shape index (κ2) is 8.32. The molecule has 1 amide bonds. The first-order valence-corrected chi connectivity index (χ1v) is 10.8. The third-order valence-corrected chi connectivity index (χ3v) is 6.54. The van der Waals surface area contributed by atoms with Gasteiger partial charge in [0.05, 0.1) is 18.1 Å². The number of rotatable bonds is 7. The predicted molar refractivity (Wildman–Crippen MR) is 103 cm³/mol. The van der Waals surface area contributed by atoms with Gasteiger partial charge in [-0.15, -0.1) is 0 Å². The molecule has 28 heavy (non-hydrogen) atoms. The van der Waals surface area contributed by atoms with Crippen molar-refractivity contribution in [1.82, 2.24) is 4.90 Å². The zero-order valence-corrected chi connectivity index (χ0v) is 16.7. The molecule has 0 bridgehead atoms. The first kappa shape index (κ1) is 20.3. The molecule has 1 aromatic carbocycles. The van der Waals surface area contributed by atoms with E-state index in [1.807, 2.05) is 6.92 Å². The van der Waals surface area contributed by atoms with Crippen molar-refractivity contribution < 1.29 is 27.1 Å². The SMILES string of the molecule is COCCN(C(=O)COc1ccc2c(C)cc(=O)oc2c1)[C@@H]1CCS(=O)(=O)C1. The summed E-state index contributed by atoms with van der Waals surface area (Å²) in [6.07, 6.45) is 0.415. The van der Waals surface area contributed by atoms with E-state index in [0.717, 1.165) is 10.9 Å². The Morgan fingerprint density at radius 3 is 2.79 bits per heavy atom. The van der Waals surface area contributed by atoms with Crippen LogP contribution >= 0.6 is 0 Å². The lowest BCUT2D eigenvalue weighted by molar-refractivity contribution is -0.136. The van der Waals surface area contributed by atoms with Gasteiger partial charge in [0.1, 0.15) is 11.3 Å². The fourth-order valence-corrected chi connectivity index (χ4v) is 5.08. The van der Waals surface area contributed by atoms with E-state index in [2.05, 4.69) is 0 Å². The molecule has 9 heteroatoms. The average Bonchev–Trinajstić information content (AvgIpc) is 2.99. The van der Waals surface area contributed by atoms with Crippen molar-refractivity contribution in [1.29, 1.82) is 0 Å². The molecule has 0 saturated carbocycles. The van der Waals surface area contributed by atoms with Gasteiger partial charge in [-0.25, -0.2) is 13.2 Å². The second-order valence-electron chi connectivity index (χ2n) is 6.83. The van der Waals surface area contributed by atoms with E-state index in [0.29, 0.717) is 30.9 Å². The molecular weight excluding hydrogens is 386 g/mol. The number of nitrogens with zero attached hydrogens (tertiary/aromatic N) is 1. The molecule has 0 aliphatic carbocycles. The molecule has 2 heterocycles. The molecule has 1 aromatic heterocycles. The summed E-state index contributed by atoms with van der Waals surface area (Å²) in [7, 11) is -1.59. The van der Waals surface area contributed by atoms with E-state index in [1.165, 1.54) is 18.1 Å². The lowest BCUT2D eigenvalue weighted by Gasteiger charge is -2.28. The van der Waals surface area contributed by atoms with Crippen LogP contribution in [0, 0.1) is 6.92 Å². The van der Waals surface area contributed by atoms with Gasteiger partial charge in [0, 0.05) is 37.2 Å². The van der Waals surface area contributed by atoms with Crippen molar-refractivity contribution in [3.8, 4) is 5.75 Å². The van der Waals surface area contributed by atoms with E-state index >= 15 is 0 Å². The quantitative estimate of drug-likeness (QED) is 0.632. The number of hydrogen-bond acceptors (Lipinski definition) is 7. The fourth-order valence-electron chi connectivity index (χ4n) is 3.34. The molecule has 1 atom stereocenters. The Balaban J connectivity index is 1.71. The Labute approximate surface area is 162 Å². The highest BCUT2D eigenvalue weighted by molar-refractivity contribution is 7.91. The summed E-state index contributed by atoms with van der Waals surface area (Å²) in [4.78, 5) is 25.7. The Kier molecular flexibility index (Phi) is 6.04. The molecule has 0 unspecified atom stereocenters. The molecule has 152 valence electrons. The van der Waals surface area contributed by atoms with Crippen LogP contribution in [0.2, 0.25) is 0 Å². The zero-order chi connectivity index (χ0) is 20.3.